The highest BCUT2D eigenvalue weighted by atomic mass is 32.2. The highest BCUT2D eigenvalue weighted by Crippen LogP contribution is 2.34. The Kier molecular flexibility index (Phi) is 2.15. The van der Waals surface area contributed by atoms with Gasteiger partial charge in [0, 0.05) is 18.6 Å². The van der Waals surface area contributed by atoms with Gasteiger partial charge in [-0.2, -0.15) is 0 Å². The number of nitrogens with one attached hydrogen (secondary N) is 1. The smallest absolute Gasteiger partial charge is 0.150 e. The summed E-state index contributed by atoms with van der Waals surface area (Å²) in [5.74, 6) is 0.206. The summed E-state index contributed by atoms with van der Waals surface area (Å²) < 4.78 is 22.4. The van der Waals surface area contributed by atoms with Gasteiger partial charge in [0.1, 0.15) is 15.4 Å². The fourth-order valence-corrected chi connectivity index (χ4v) is 3.64. The zero-order chi connectivity index (χ0) is 10.4. The first-order valence-corrected chi connectivity index (χ1v) is 6.62. The van der Waals surface area contributed by atoms with Gasteiger partial charge in [-0.1, -0.05) is 0 Å². The van der Waals surface area contributed by atoms with E-state index in [1.807, 2.05) is 0 Å². The summed E-state index contributed by atoms with van der Waals surface area (Å²) in [7, 11) is -2.91. The molecule has 14 heavy (non-hydrogen) atoms. The number of sulfone groups is 1. The van der Waals surface area contributed by atoms with Gasteiger partial charge in [-0.15, -0.1) is 0 Å². The van der Waals surface area contributed by atoms with Crippen LogP contribution in [-0.4, -0.2) is 49.3 Å². The van der Waals surface area contributed by atoms with Gasteiger partial charge in [-0.05, 0) is 12.8 Å². The monoisotopic (exact) mass is 220 g/mol. The van der Waals surface area contributed by atoms with Crippen molar-refractivity contribution in [2.45, 2.75) is 24.0 Å². The molecule has 2 heterocycles. The predicted octanol–water partition coefficient (Wildman–Crippen LogP) is -1.77. The van der Waals surface area contributed by atoms with E-state index in [0.717, 1.165) is 0 Å². The van der Waals surface area contributed by atoms with Gasteiger partial charge in [-0.25, -0.2) is 8.42 Å². The number of aliphatic hydroxyl groups is 1. The highest BCUT2D eigenvalue weighted by molar-refractivity contribution is 7.91. The Morgan fingerprint density at radius 3 is 2.07 bits per heavy atom. The largest absolute Gasteiger partial charge is 0.385 e. The molecule has 0 aromatic heterocycles. The normalized spacial score (nSPS) is 33.3. The molecule has 2 rings (SSSR count). The average molecular weight is 220 g/mol. The molecule has 2 aliphatic rings. The molecule has 6 heteroatoms. The van der Waals surface area contributed by atoms with E-state index < -0.39 is 21.0 Å². The minimum atomic E-state index is -2.91. The molecule has 2 aliphatic heterocycles. The highest BCUT2D eigenvalue weighted by Gasteiger charge is 2.53. The van der Waals surface area contributed by atoms with E-state index in [1.54, 1.807) is 0 Å². The van der Waals surface area contributed by atoms with Crippen LogP contribution in [0.1, 0.15) is 12.8 Å². The van der Waals surface area contributed by atoms with E-state index in [1.165, 1.54) is 0 Å². The van der Waals surface area contributed by atoms with E-state index in [-0.39, 0.29) is 11.5 Å². The number of rotatable bonds is 1. The molecule has 5 nitrogen and oxygen atoms in total. The zero-order valence-corrected chi connectivity index (χ0v) is 8.81. The van der Waals surface area contributed by atoms with Crippen molar-refractivity contribution in [2.24, 2.45) is 5.73 Å². The quantitative estimate of drug-likeness (QED) is 0.486. The van der Waals surface area contributed by atoms with Crippen molar-refractivity contribution >= 4 is 9.84 Å². The third-order valence-corrected chi connectivity index (χ3v) is 5.13. The molecule has 2 saturated heterocycles. The van der Waals surface area contributed by atoms with Crippen LogP contribution in [0.25, 0.3) is 0 Å². The lowest BCUT2D eigenvalue weighted by atomic mass is 9.72. The van der Waals surface area contributed by atoms with Crippen molar-refractivity contribution in [3.63, 3.8) is 0 Å². The standard InChI is InChI=1S/C8H16N2O3S/c9-7(8(11)5-10-6-8)1-3-14(12,13)4-2-7/h10-11H,1-6,9H2. The van der Waals surface area contributed by atoms with E-state index in [9.17, 15) is 13.5 Å². The van der Waals surface area contributed by atoms with Crippen molar-refractivity contribution < 1.29 is 13.5 Å². The van der Waals surface area contributed by atoms with Gasteiger partial charge in [0.15, 0.2) is 0 Å². The van der Waals surface area contributed by atoms with Crippen LogP contribution in [0.4, 0.5) is 0 Å². The van der Waals surface area contributed by atoms with Crippen molar-refractivity contribution in [3.05, 3.63) is 0 Å². The maximum Gasteiger partial charge on any atom is 0.150 e. The van der Waals surface area contributed by atoms with Crippen LogP contribution in [0.15, 0.2) is 0 Å². The summed E-state index contributed by atoms with van der Waals surface area (Å²) in [5.41, 5.74) is 4.45. The molecule has 0 saturated carbocycles. The lowest BCUT2D eigenvalue weighted by molar-refractivity contribution is -0.0799. The van der Waals surface area contributed by atoms with Crippen LogP contribution in [0, 0.1) is 0 Å². The molecule has 2 fully saturated rings. The van der Waals surface area contributed by atoms with E-state index in [4.69, 9.17) is 5.73 Å². The Hall–Kier alpha value is -0.170. The van der Waals surface area contributed by atoms with Crippen LogP contribution in [0.3, 0.4) is 0 Å². The minimum Gasteiger partial charge on any atom is -0.385 e. The van der Waals surface area contributed by atoms with Gasteiger partial charge in [0.05, 0.1) is 11.5 Å². The Morgan fingerprint density at radius 1 is 1.21 bits per heavy atom. The molecule has 0 atom stereocenters. The molecule has 0 spiro atoms. The van der Waals surface area contributed by atoms with Crippen LogP contribution in [0.5, 0.6) is 0 Å². The van der Waals surface area contributed by atoms with Crippen molar-refractivity contribution in [1.29, 1.82) is 0 Å². The van der Waals surface area contributed by atoms with Crippen LogP contribution >= 0.6 is 0 Å². The minimum absolute atomic E-state index is 0.103. The lowest BCUT2D eigenvalue weighted by Gasteiger charge is -2.52. The molecule has 4 N–H and O–H groups in total. The topological polar surface area (TPSA) is 92.4 Å². The first-order valence-electron chi connectivity index (χ1n) is 4.79. The number of hydrogen-bond acceptors (Lipinski definition) is 5. The average Bonchev–Trinajstić information content (AvgIpc) is 2.07. The second kappa shape index (κ2) is 2.91. The first kappa shape index (κ1) is 10.4. The van der Waals surface area contributed by atoms with Gasteiger partial charge in [-0.3, -0.25) is 0 Å². The second-order valence-electron chi connectivity index (χ2n) is 4.44. The molecular weight excluding hydrogens is 204 g/mol. The van der Waals surface area contributed by atoms with E-state index >= 15 is 0 Å². The van der Waals surface area contributed by atoms with Crippen LogP contribution in [0.2, 0.25) is 0 Å². The number of hydrogen-bond donors (Lipinski definition) is 3. The van der Waals surface area contributed by atoms with Gasteiger partial charge >= 0.3 is 0 Å². The van der Waals surface area contributed by atoms with Crippen molar-refractivity contribution in [1.82, 2.24) is 5.32 Å². The van der Waals surface area contributed by atoms with E-state index in [0.29, 0.717) is 25.9 Å². The Labute approximate surface area is 83.6 Å². The van der Waals surface area contributed by atoms with Crippen LogP contribution in [-0.2, 0) is 9.84 Å². The zero-order valence-electron chi connectivity index (χ0n) is 7.99. The number of β-amino-alcohol motifs (C(OH)–C–C–N with tert-alkyl or cyclic N) is 1. The van der Waals surface area contributed by atoms with Gasteiger partial charge in [0.2, 0.25) is 0 Å². The molecule has 0 aliphatic carbocycles. The summed E-state index contributed by atoms with van der Waals surface area (Å²) in [6, 6.07) is 0. The fourth-order valence-electron chi connectivity index (χ4n) is 2.08. The fraction of sp³-hybridized carbons (Fsp3) is 1.00. The summed E-state index contributed by atoms with van der Waals surface area (Å²) in [5, 5.41) is 13.0. The van der Waals surface area contributed by atoms with E-state index in [2.05, 4.69) is 5.32 Å². The molecule has 0 bridgehead atoms. The number of nitrogens with two attached hydrogens (primary N) is 1. The first-order chi connectivity index (χ1) is 6.37. The third kappa shape index (κ3) is 1.46. The Balaban J connectivity index is 2.12. The van der Waals surface area contributed by atoms with Gasteiger partial charge < -0.3 is 16.2 Å². The molecule has 0 unspecified atom stereocenters. The lowest BCUT2D eigenvalue weighted by Crippen LogP contribution is -2.76. The molecule has 0 aromatic carbocycles. The van der Waals surface area contributed by atoms with Crippen molar-refractivity contribution in [3.8, 4) is 0 Å². The molecule has 0 radical (unpaired) electrons. The third-order valence-electron chi connectivity index (χ3n) is 3.48. The second-order valence-corrected chi connectivity index (χ2v) is 6.75. The summed E-state index contributed by atoms with van der Waals surface area (Å²) in [6.07, 6.45) is 0.737. The SMILES string of the molecule is NC1(C2(O)CNC2)CCS(=O)(=O)CC1. The molecule has 82 valence electrons. The van der Waals surface area contributed by atoms with Crippen LogP contribution < -0.4 is 11.1 Å². The Morgan fingerprint density at radius 2 is 1.71 bits per heavy atom. The Bertz CT molecular complexity index is 320. The summed E-state index contributed by atoms with van der Waals surface area (Å²) in [6.45, 7) is 0.951. The molecular formula is C8H16N2O3S. The molecule has 0 amide bonds. The molecule has 0 aromatic rings. The summed E-state index contributed by atoms with van der Waals surface area (Å²) >= 11 is 0. The predicted molar refractivity (Wildman–Crippen MR) is 52.6 cm³/mol. The summed E-state index contributed by atoms with van der Waals surface area (Å²) in [4.78, 5) is 0. The van der Waals surface area contributed by atoms with Crippen molar-refractivity contribution in [2.75, 3.05) is 24.6 Å². The van der Waals surface area contributed by atoms with Gasteiger partial charge in [0.25, 0.3) is 0 Å². The maximum atomic E-state index is 11.2. The maximum absolute atomic E-state index is 11.2.